The lowest BCUT2D eigenvalue weighted by molar-refractivity contribution is 0.00893. The first-order valence-electron chi connectivity index (χ1n) is 23.4. The van der Waals surface area contributed by atoms with E-state index in [9.17, 15) is 31.2 Å². The molecule has 2 atom stereocenters. The van der Waals surface area contributed by atoms with E-state index in [-0.39, 0.29) is 42.8 Å². The standard InChI is InChI=1S/C23H30N6O3S.C17H23ClN4O2.C9H11NO4S.CH4/c1-15-9-10-18(26-33(5,31)32)17(12-15)23(30)28-11-7-6-8-20(28)19-14-21-24-16(2)13-22(27(3)4)29(21)25-19;1-11-9-14(18)22-15(19-11)10-12(20-22)13-7-5-6-8-21(13)16(23)24-17(2,3)4;1-6-3-4-8(10-15(2,13)14)7(5-6)9(11)12;/h9-10,12-14,20,26H,6-8,11H2,1-5H3;9-10,13H,5-8H2,1-4H3;3-5,10H,1-2H3,(H,11,12);1H4/t20-;13-;;/m00../s1. The number of nitrogens with zero attached hydrogens (tertiary/aromatic N) is 9. The van der Waals surface area contributed by atoms with Crippen molar-refractivity contribution < 1.29 is 41.1 Å². The minimum atomic E-state index is -3.53. The maximum atomic E-state index is 13.7. The molecule has 6 heterocycles. The first-order valence-corrected chi connectivity index (χ1v) is 27.5. The van der Waals surface area contributed by atoms with Crippen LogP contribution in [0.2, 0.25) is 5.15 Å². The Morgan fingerprint density at radius 1 is 0.699 bits per heavy atom. The Hall–Kier alpha value is -6.52. The normalized spacial score (nSPS) is 16.1. The van der Waals surface area contributed by atoms with Crippen molar-refractivity contribution in [3.63, 3.8) is 0 Å². The third kappa shape index (κ3) is 15.0. The van der Waals surface area contributed by atoms with Crippen LogP contribution in [0.15, 0.2) is 60.7 Å². The molecule has 0 aliphatic carbocycles. The summed E-state index contributed by atoms with van der Waals surface area (Å²) in [4.78, 5) is 51.8. The lowest BCUT2D eigenvalue weighted by Crippen LogP contribution is -2.42. The molecule has 2 saturated heterocycles. The van der Waals surface area contributed by atoms with Crippen LogP contribution in [-0.2, 0) is 24.8 Å². The summed E-state index contributed by atoms with van der Waals surface area (Å²) in [7, 11) is -3.07. The Balaban J connectivity index is 0.000000217. The number of sulfonamides is 2. The van der Waals surface area contributed by atoms with Gasteiger partial charge in [0, 0.05) is 56.8 Å². The molecule has 23 heteroatoms. The monoisotopic (exact) mass is 1070 g/mol. The fourth-order valence-corrected chi connectivity index (χ4v) is 9.91. The van der Waals surface area contributed by atoms with Crippen LogP contribution in [0.1, 0.15) is 133 Å². The van der Waals surface area contributed by atoms with Crippen LogP contribution in [0.5, 0.6) is 0 Å². The van der Waals surface area contributed by atoms with Gasteiger partial charge in [-0.15, -0.1) is 0 Å². The number of hydrogen-bond acceptors (Lipinski definition) is 13. The number of aromatic carboxylic acids is 1. The smallest absolute Gasteiger partial charge is 0.410 e. The predicted octanol–water partition coefficient (Wildman–Crippen LogP) is 9.01. The van der Waals surface area contributed by atoms with Crippen molar-refractivity contribution in [3.8, 4) is 0 Å². The van der Waals surface area contributed by atoms with Crippen LogP contribution in [0.3, 0.4) is 0 Å². The number of piperidine rings is 2. The zero-order valence-corrected chi connectivity index (χ0v) is 44.9. The van der Waals surface area contributed by atoms with Gasteiger partial charge in [-0.05, 0) is 117 Å². The summed E-state index contributed by atoms with van der Waals surface area (Å²) in [5.41, 5.74) is 6.55. The highest BCUT2D eigenvalue weighted by Gasteiger charge is 2.34. The number of benzene rings is 2. The number of ether oxygens (including phenoxy) is 1. The van der Waals surface area contributed by atoms with Gasteiger partial charge >= 0.3 is 12.1 Å². The number of amides is 2. The van der Waals surface area contributed by atoms with Gasteiger partial charge in [0.1, 0.15) is 16.6 Å². The maximum Gasteiger partial charge on any atom is 0.410 e. The molecule has 0 radical (unpaired) electrons. The van der Waals surface area contributed by atoms with Crippen LogP contribution in [0.25, 0.3) is 11.3 Å². The van der Waals surface area contributed by atoms with Crippen molar-refractivity contribution in [1.29, 1.82) is 0 Å². The molecule has 0 spiro atoms. The number of carbonyl (C=O) groups excluding carboxylic acids is 2. The zero-order chi connectivity index (χ0) is 53.0. The fraction of sp³-hybridized carbons (Fsp3) is 0.460. The number of aromatic nitrogens is 6. The third-order valence-electron chi connectivity index (χ3n) is 11.5. The van der Waals surface area contributed by atoms with E-state index < -0.39 is 31.6 Å². The lowest BCUT2D eigenvalue weighted by atomic mass is 9.97. The molecule has 0 saturated carbocycles. The molecule has 4 aromatic heterocycles. The lowest BCUT2D eigenvalue weighted by Gasteiger charge is -2.35. The van der Waals surface area contributed by atoms with Gasteiger partial charge in [-0.3, -0.25) is 19.1 Å². The van der Waals surface area contributed by atoms with Gasteiger partial charge in [-0.2, -0.15) is 14.7 Å². The molecule has 396 valence electrons. The maximum absolute atomic E-state index is 13.7. The summed E-state index contributed by atoms with van der Waals surface area (Å²) in [5.74, 6) is -0.454. The number of anilines is 3. The van der Waals surface area contributed by atoms with E-state index in [0.717, 1.165) is 96.4 Å². The van der Waals surface area contributed by atoms with Crippen LogP contribution in [0, 0.1) is 27.7 Å². The molecular weight excluding hydrogens is 998 g/mol. The van der Waals surface area contributed by atoms with E-state index in [0.29, 0.717) is 35.1 Å². The summed E-state index contributed by atoms with van der Waals surface area (Å²) in [5, 5.41) is 18.8. The van der Waals surface area contributed by atoms with Gasteiger partial charge in [0.2, 0.25) is 20.0 Å². The Bertz CT molecular complexity index is 3230. The van der Waals surface area contributed by atoms with Crippen LogP contribution < -0.4 is 14.3 Å². The topological polar surface area (TPSA) is 243 Å². The molecule has 3 N–H and O–H groups in total. The van der Waals surface area contributed by atoms with Crippen LogP contribution in [0.4, 0.5) is 22.0 Å². The molecule has 8 rings (SSSR count). The van der Waals surface area contributed by atoms with E-state index in [1.807, 2.05) is 88.2 Å². The minimum absolute atomic E-state index is 0. The summed E-state index contributed by atoms with van der Waals surface area (Å²) >= 11 is 6.26. The van der Waals surface area contributed by atoms with E-state index in [4.69, 9.17) is 26.5 Å². The van der Waals surface area contributed by atoms with Crippen molar-refractivity contribution in [3.05, 3.63) is 111 Å². The average molecular weight is 1070 g/mol. The number of rotatable bonds is 9. The van der Waals surface area contributed by atoms with E-state index in [1.165, 1.54) is 12.1 Å². The van der Waals surface area contributed by atoms with Gasteiger partial charge < -0.3 is 19.6 Å². The first-order chi connectivity index (χ1) is 33.6. The zero-order valence-electron chi connectivity index (χ0n) is 42.5. The number of halogens is 1. The van der Waals surface area contributed by atoms with Crippen molar-refractivity contribution in [2.45, 2.75) is 112 Å². The van der Waals surface area contributed by atoms with Gasteiger partial charge in [-0.25, -0.2) is 40.9 Å². The van der Waals surface area contributed by atoms with Crippen LogP contribution >= 0.6 is 11.6 Å². The Kier molecular flexibility index (Phi) is 18.2. The summed E-state index contributed by atoms with van der Waals surface area (Å²) < 4.78 is 59.3. The van der Waals surface area contributed by atoms with Gasteiger partial charge in [0.05, 0.1) is 58.5 Å². The fourth-order valence-electron chi connectivity index (χ4n) is 8.48. The molecule has 6 aromatic rings. The minimum Gasteiger partial charge on any atom is -0.478 e. The number of carboxylic acid groups (broad SMARTS) is 1. The van der Waals surface area contributed by atoms with Crippen molar-refractivity contribution in [1.82, 2.24) is 39.0 Å². The molecule has 2 aliphatic rings. The quantitative estimate of drug-likeness (QED) is 0.114. The SMILES string of the molecule is C.Cc1cc(Cl)n2nc([C@@H]3CCCCN3C(=O)OC(C)(C)C)cc2n1.Cc1ccc(NS(C)(=O)=O)c(C(=O)N2CCCC[C@H]2c2cc3nc(C)cc(N(C)C)n3n2)c1.Cc1ccc(NS(C)(=O)=O)c(C(=O)O)c1. The van der Waals surface area contributed by atoms with Crippen LogP contribution in [-0.4, -0.2) is 124 Å². The highest BCUT2D eigenvalue weighted by molar-refractivity contribution is 7.92. The molecule has 20 nitrogen and oxygen atoms in total. The van der Waals surface area contributed by atoms with Crippen molar-refractivity contribution in [2.75, 3.05) is 54.0 Å². The van der Waals surface area contributed by atoms with Crippen molar-refractivity contribution in [2.24, 2.45) is 0 Å². The summed E-state index contributed by atoms with van der Waals surface area (Å²) in [6, 6.07) is 16.9. The first kappa shape index (κ1) is 57.4. The predicted molar refractivity (Wildman–Crippen MR) is 285 cm³/mol. The average Bonchev–Trinajstić information content (AvgIpc) is 3.91. The molecule has 2 amide bonds. The Morgan fingerprint density at radius 3 is 1.67 bits per heavy atom. The second kappa shape index (κ2) is 23.1. The number of likely N-dealkylation sites (tertiary alicyclic amines) is 2. The number of aryl methyl sites for hydroxylation is 4. The van der Waals surface area contributed by atoms with Gasteiger partial charge in [0.15, 0.2) is 11.3 Å². The second-order valence-electron chi connectivity index (χ2n) is 19.4. The van der Waals surface area contributed by atoms with E-state index in [1.54, 1.807) is 46.7 Å². The molecule has 2 fully saturated rings. The molecule has 2 aliphatic heterocycles. The highest BCUT2D eigenvalue weighted by atomic mass is 35.5. The van der Waals surface area contributed by atoms with Gasteiger partial charge in [-0.1, -0.05) is 42.3 Å². The molecule has 0 bridgehead atoms. The van der Waals surface area contributed by atoms with Crippen molar-refractivity contribution >= 4 is 78.1 Å². The van der Waals surface area contributed by atoms with Gasteiger partial charge in [0.25, 0.3) is 5.91 Å². The Morgan fingerprint density at radius 2 is 1.16 bits per heavy atom. The summed E-state index contributed by atoms with van der Waals surface area (Å²) in [6.45, 7) is 14.3. The number of carbonyl (C=O) groups is 3. The number of nitrogens with one attached hydrogen (secondary N) is 2. The van der Waals surface area contributed by atoms with E-state index in [2.05, 4.69) is 24.5 Å². The number of fused-ring (bicyclic) bond motifs is 2. The second-order valence-corrected chi connectivity index (χ2v) is 23.3. The Labute approximate surface area is 433 Å². The third-order valence-corrected chi connectivity index (χ3v) is 13.0. The molecule has 73 heavy (non-hydrogen) atoms. The summed E-state index contributed by atoms with van der Waals surface area (Å²) in [6.07, 6.45) is 7.30. The molecular formula is C50H68ClN11O9S2. The molecule has 2 aromatic carbocycles. The highest BCUT2D eigenvalue weighted by Crippen LogP contribution is 2.35. The number of hydrogen-bond donors (Lipinski definition) is 3. The largest absolute Gasteiger partial charge is 0.478 e. The number of carboxylic acids is 1. The molecule has 0 unspecified atom stereocenters. The van der Waals surface area contributed by atoms with E-state index >= 15 is 0 Å².